The summed E-state index contributed by atoms with van der Waals surface area (Å²) in [6.07, 6.45) is 3.74. The Morgan fingerprint density at radius 1 is 0.242 bits per heavy atom. The lowest BCUT2D eigenvalue weighted by Crippen LogP contribution is -1.94. The summed E-state index contributed by atoms with van der Waals surface area (Å²) in [6.45, 7) is 0. The minimum absolute atomic E-state index is 1.11. The smallest absolute Gasteiger partial charge is 0.0541 e. The van der Waals surface area contributed by atoms with Crippen molar-refractivity contribution in [1.29, 1.82) is 0 Å². The van der Waals surface area contributed by atoms with Crippen LogP contribution in [0.25, 0.3) is 111 Å². The van der Waals surface area contributed by atoms with Crippen molar-refractivity contribution in [2.24, 2.45) is 0 Å². The van der Waals surface area contributed by atoms with Crippen molar-refractivity contribution in [3.8, 4) is 67.0 Å². The number of fused-ring (bicyclic) bond motifs is 6. The van der Waals surface area contributed by atoms with Crippen LogP contribution in [-0.2, 0) is 0 Å². The molecule has 3 heteroatoms. The SMILES string of the molecule is c1ccc(-n2c3ccccc3c3cc(-c4cccc(-c5cccc(-c6cccc(-c7ccc8c(c7)c7ccccc7n8-c7cccc(-c8cccnc8)c7)c6)c5)c4)ccc32)cc1. The molecule has 62 heavy (non-hydrogen) atoms. The molecular weight excluding hydrogens is 751 g/mol. The first-order valence-corrected chi connectivity index (χ1v) is 21.2. The van der Waals surface area contributed by atoms with Gasteiger partial charge in [0.2, 0.25) is 0 Å². The minimum Gasteiger partial charge on any atom is -0.309 e. The monoisotopic (exact) mass is 789 g/mol. The summed E-state index contributed by atoms with van der Waals surface area (Å²) in [6, 6.07) is 81.6. The molecule has 3 heterocycles. The van der Waals surface area contributed by atoms with Gasteiger partial charge in [0.15, 0.2) is 0 Å². The quantitative estimate of drug-likeness (QED) is 0.158. The molecule has 0 radical (unpaired) electrons. The van der Waals surface area contributed by atoms with E-state index in [1.807, 2.05) is 18.5 Å². The molecular formula is C59H39N3. The number of benzene rings is 9. The van der Waals surface area contributed by atoms with Gasteiger partial charge in [-0.25, -0.2) is 0 Å². The van der Waals surface area contributed by atoms with Crippen LogP contribution in [0.2, 0.25) is 0 Å². The second-order valence-electron chi connectivity index (χ2n) is 16.0. The van der Waals surface area contributed by atoms with E-state index in [1.165, 1.54) is 93.8 Å². The van der Waals surface area contributed by atoms with Gasteiger partial charge < -0.3 is 9.13 Å². The Hall–Kier alpha value is -8.27. The van der Waals surface area contributed by atoms with Crippen molar-refractivity contribution in [2.45, 2.75) is 0 Å². The van der Waals surface area contributed by atoms with Gasteiger partial charge in [0, 0.05) is 50.9 Å². The van der Waals surface area contributed by atoms with Crippen molar-refractivity contribution >= 4 is 43.6 Å². The van der Waals surface area contributed by atoms with Crippen LogP contribution in [0, 0.1) is 0 Å². The van der Waals surface area contributed by atoms with Gasteiger partial charge in [-0.05, 0) is 135 Å². The van der Waals surface area contributed by atoms with Crippen LogP contribution in [-0.4, -0.2) is 14.1 Å². The third-order valence-corrected chi connectivity index (χ3v) is 12.4. The summed E-state index contributed by atoms with van der Waals surface area (Å²) < 4.78 is 4.75. The molecule has 3 nitrogen and oxygen atoms in total. The zero-order valence-corrected chi connectivity index (χ0v) is 33.9. The predicted octanol–water partition coefficient (Wildman–Crippen LogP) is 15.6. The van der Waals surface area contributed by atoms with Crippen molar-refractivity contribution in [2.75, 3.05) is 0 Å². The highest BCUT2D eigenvalue weighted by molar-refractivity contribution is 6.11. The third kappa shape index (κ3) is 6.10. The maximum absolute atomic E-state index is 4.36. The Bertz CT molecular complexity index is 3630. The van der Waals surface area contributed by atoms with Gasteiger partial charge in [-0.1, -0.05) is 140 Å². The molecule has 0 bridgehead atoms. The van der Waals surface area contributed by atoms with Crippen molar-refractivity contribution in [3.63, 3.8) is 0 Å². The topological polar surface area (TPSA) is 22.8 Å². The maximum atomic E-state index is 4.36. The van der Waals surface area contributed by atoms with Crippen LogP contribution >= 0.6 is 0 Å². The normalized spacial score (nSPS) is 11.5. The molecule has 12 aromatic rings. The number of aromatic nitrogens is 3. The predicted molar refractivity (Wildman–Crippen MR) is 260 cm³/mol. The van der Waals surface area contributed by atoms with Gasteiger partial charge in [0.25, 0.3) is 0 Å². The molecule has 0 saturated heterocycles. The first-order chi connectivity index (χ1) is 30.7. The van der Waals surface area contributed by atoms with E-state index in [4.69, 9.17) is 0 Å². The number of rotatable bonds is 7. The Balaban J connectivity index is 0.882. The number of nitrogens with zero attached hydrogens (tertiary/aromatic N) is 3. The zero-order chi connectivity index (χ0) is 41.0. The van der Waals surface area contributed by atoms with Crippen LogP contribution in [0.5, 0.6) is 0 Å². The van der Waals surface area contributed by atoms with E-state index < -0.39 is 0 Å². The molecule has 0 N–H and O–H groups in total. The fraction of sp³-hybridized carbons (Fsp3) is 0. The lowest BCUT2D eigenvalue weighted by molar-refractivity contribution is 1.18. The van der Waals surface area contributed by atoms with Gasteiger partial charge in [-0.2, -0.15) is 0 Å². The van der Waals surface area contributed by atoms with E-state index in [-0.39, 0.29) is 0 Å². The summed E-state index contributed by atoms with van der Waals surface area (Å²) in [5.41, 5.74) is 18.9. The Morgan fingerprint density at radius 3 is 1.13 bits per heavy atom. The molecule has 0 spiro atoms. The fourth-order valence-corrected chi connectivity index (χ4v) is 9.43. The Labute approximate surface area is 360 Å². The molecule has 12 rings (SSSR count). The highest BCUT2D eigenvalue weighted by Gasteiger charge is 2.16. The second-order valence-corrected chi connectivity index (χ2v) is 16.0. The molecule has 9 aromatic carbocycles. The summed E-state index contributed by atoms with van der Waals surface area (Å²) >= 11 is 0. The standard InChI is InChI=1S/C59H39N3/c1-2-21-50(22-3-1)61-56-26-6-4-24-52(56)54-37-47(28-30-58(54)61)44-17-9-15-42(34-44)40-13-8-14-41(33-40)43-16-10-18-45(35-43)48-29-31-59-55(38-48)53-25-5-7-27-57(53)62(59)51-23-11-19-46(36-51)49-20-12-32-60-39-49/h1-39H. The van der Waals surface area contributed by atoms with E-state index in [0.29, 0.717) is 0 Å². The molecule has 290 valence electrons. The molecule has 0 aliphatic carbocycles. The summed E-state index contributed by atoms with van der Waals surface area (Å²) in [7, 11) is 0. The van der Waals surface area contributed by atoms with Crippen LogP contribution in [0.15, 0.2) is 237 Å². The van der Waals surface area contributed by atoms with Gasteiger partial charge in [0.1, 0.15) is 0 Å². The molecule has 0 fully saturated rings. The van der Waals surface area contributed by atoms with E-state index in [2.05, 4.69) is 233 Å². The average molecular weight is 790 g/mol. The Morgan fingerprint density at radius 2 is 0.629 bits per heavy atom. The minimum atomic E-state index is 1.11. The summed E-state index contributed by atoms with van der Waals surface area (Å²) in [5.74, 6) is 0. The average Bonchev–Trinajstić information content (AvgIpc) is 3.87. The highest BCUT2D eigenvalue weighted by Crippen LogP contribution is 2.39. The molecule has 0 aliphatic rings. The molecule has 0 unspecified atom stereocenters. The molecule has 0 saturated carbocycles. The number of hydrogen-bond donors (Lipinski definition) is 0. The first-order valence-electron chi connectivity index (χ1n) is 21.2. The first kappa shape index (κ1) is 35.7. The van der Waals surface area contributed by atoms with E-state index in [9.17, 15) is 0 Å². The lowest BCUT2D eigenvalue weighted by Gasteiger charge is -2.11. The van der Waals surface area contributed by atoms with Crippen LogP contribution in [0.4, 0.5) is 0 Å². The van der Waals surface area contributed by atoms with E-state index in [1.54, 1.807) is 0 Å². The van der Waals surface area contributed by atoms with Gasteiger partial charge in [0.05, 0.1) is 22.1 Å². The second kappa shape index (κ2) is 14.8. The van der Waals surface area contributed by atoms with E-state index in [0.717, 1.165) is 16.8 Å². The number of pyridine rings is 1. The van der Waals surface area contributed by atoms with Gasteiger partial charge >= 0.3 is 0 Å². The molecule has 0 atom stereocenters. The molecule has 0 aliphatic heterocycles. The summed E-state index contributed by atoms with van der Waals surface area (Å²) in [4.78, 5) is 4.36. The largest absolute Gasteiger partial charge is 0.309 e. The lowest BCUT2D eigenvalue weighted by atomic mass is 9.94. The van der Waals surface area contributed by atoms with E-state index >= 15 is 0 Å². The summed E-state index contributed by atoms with van der Waals surface area (Å²) in [5, 5.41) is 4.99. The van der Waals surface area contributed by atoms with Crippen LogP contribution in [0.1, 0.15) is 0 Å². The van der Waals surface area contributed by atoms with Gasteiger partial charge in [-0.3, -0.25) is 4.98 Å². The number of hydrogen-bond acceptors (Lipinski definition) is 1. The van der Waals surface area contributed by atoms with Crippen molar-refractivity contribution in [1.82, 2.24) is 14.1 Å². The molecule has 3 aromatic heterocycles. The zero-order valence-electron chi connectivity index (χ0n) is 33.9. The highest BCUT2D eigenvalue weighted by atomic mass is 15.0. The van der Waals surface area contributed by atoms with Crippen molar-refractivity contribution < 1.29 is 0 Å². The Kier molecular flexibility index (Phi) is 8.50. The van der Waals surface area contributed by atoms with Crippen LogP contribution in [0.3, 0.4) is 0 Å². The maximum Gasteiger partial charge on any atom is 0.0541 e. The van der Waals surface area contributed by atoms with Crippen LogP contribution < -0.4 is 0 Å². The van der Waals surface area contributed by atoms with Crippen molar-refractivity contribution in [3.05, 3.63) is 237 Å². The molecule has 0 amide bonds. The third-order valence-electron chi connectivity index (χ3n) is 12.4. The van der Waals surface area contributed by atoms with Gasteiger partial charge in [-0.15, -0.1) is 0 Å². The number of para-hydroxylation sites is 3. The fourth-order valence-electron chi connectivity index (χ4n) is 9.43.